The van der Waals surface area contributed by atoms with Crippen LogP contribution in [0.15, 0.2) is 35.3 Å². The highest BCUT2D eigenvalue weighted by Crippen LogP contribution is 2.20. The van der Waals surface area contributed by atoms with Crippen LogP contribution in [-0.4, -0.2) is 24.3 Å². The fourth-order valence-electron chi connectivity index (χ4n) is 3.18. The number of nitrogens with one attached hydrogen (secondary N) is 1. The molecule has 4 nitrogen and oxygen atoms in total. The maximum atomic E-state index is 12.7. The summed E-state index contributed by atoms with van der Waals surface area (Å²) in [5.41, 5.74) is 0.112. The van der Waals surface area contributed by atoms with Crippen LogP contribution in [-0.2, 0) is 6.54 Å². The lowest BCUT2D eigenvalue weighted by molar-refractivity contribution is 0.310. The van der Waals surface area contributed by atoms with Crippen LogP contribution in [0.5, 0.6) is 5.75 Å². The van der Waals surface area contributed by atoms with E-state index < -0.39 is 0 Å². The van der Waals surface area contributed by atoms with Crippen LogP contribution in [0.3, 0.4) is 0 Å². The smallest absolute Gasteiger partial charge is 0.258 e. The van der Waals surface area contributed by atoms with Crippen LogP contribution in [0.25, 0.3) is 10.8 Å². The Morgan fingerprint density at radius 3 is 2.87 bits per heavy atom. The van der Waals surface area contributed by atoms with Crippen molar-refractivity contribution in [3.05, 3.63) is 40.8 Å². The number of pyridine rings is 1. The van der Waals surface area contributed by atoms with E-state index in [1.54, 1.807) is 0 Å². The second-order valence-electron chi connectivity index (χ2n) is 6.42. The van der Waals surface area contributed by atoms with Crippen molar-refractivity contribution in [2.75, 3.05) is 19.7 Å². The summed E-state index contributed by atoms with van der Waals surface area (Å²) >= 11 is 0. The van der Waals surface area contributed by atoms with Gasteiger partial charge in [0.1, 0.15) is 5.75 Å². The summed E-state index contributed by atoms with van der Waals surface area (Å²) in [7, 11) is 0. The van der Waals surface area contributed by atoms with Gasteiger partial charge in [-0.15, -0.1) is 0 Å². The molecule has 1 aliphatic heterocycles. The van der Waals surface area contributed by atoms with Gasteiger partial charge in [0.25, 0.3) is 5.56 Å². The Hall–Kier alpha value is -1.81. The molecule has 1 fully saturated rings. The number of hydrogen-bond donors (Lipinski definition) is 1. The number of aromatic nitrogens is 1. The molecule has 3 rings (SSSR count). The topological polar surface area (TPSA) is 43.3 Å². The maximum absolute atomic E-state index is 12.7. The van der Waals surface area contributed by atoms with Crippen LogP contribution in [0.1, 0.15) is 32.6 Å². The number of rotatable bonds is 6. The van der Waals surface area contributed by atoms with E-state index in [1.807, 2.05) is 35.0 Å². The van der Waals surface area contributed by atoms with Crippen molar-refractivity contribution in [1.29, 1.82) is 0 Å². The molecule has 4 heteroatoms. The standard InChI is InChI=1S/C19H26N2O2/c1-2-3-12-23-17-4-5-18-16(13-17)8-11-21(19(18)22)14-15-6-9-20-10-7-15/h4-5,8,11,13,15,20H,2-3,6-7,9-10,12,14H2,1H3. The van der Waals surface area contributed by atoms with Gasteiger partial charge in [0.2, 0.25) is 0 Å². The average Bonchev–Trinajstić information content (AvgIpc) is 2.59. The molecule has 0 aliphatic carbocycles. The van der Waals surface area contributed by atoms with E-state index in [-0.39, 0.29) is 5.56 Å². The lowest BCUT2D eigenvalue weighted by Gasteiger charge is -2.23. The largest absolute Gasteiger partial charge is 0.494 e. The van der Waals surface area contributed by atoms with E-state index in [0.717, 1.165) is 68.4 Å². The van der Waals surface area contributed by atoms with Crippen molar-refractivity contribution in [3.8, 4) is 5.75 Å². The highest BCUT2D eigenvalue weighted by atomic mass is 16.5. The summed E-state index contributed by atoms with van der Waals surface area (Å²) in [5.74, 6) is 1.45. The molecule has 0 spiro atoms. The summed E-state index contributed by atoms with van der Waals surface area (Å²) in [6, 6.07) is 7.82. The fraction of sp³-hybridized carbons (Fsp3) is 0.526. The zero-order valence-corrected chi connectivity index (χ0v) is 13.9. The number of fused-ring (bicyclic) bond motifs is 1. The van der Waals surface area contributed by atoms with Gasteiger partial charge in [0.15, 0.2) is 0 Å². The summed E-state index contributed by atoms with van der Waals surface area (Å²) in [6.07, 6.45) is 6.40. The van der Waals surface area contributed by atoms with Crippen LogP contribution < -0.4 is 15.6 Å². The molecule has 0 amide bonds. The lowest BCUT2D eigenvalue weighted by Crippen LogP contribution is -2.32. The summed E-state index contributed by atoms with van der Waals surface area (Å²) in [6.45, 7) is 5.82. The second kappa shape index (κ2) is 7.64. The number of ether oxygens (including phenoxy) is 1. The number of unbranched alkanes of at least 4 members (excludes halogenated alkanes) is 1. The first-order chi connectivity index (χ1) is 11.3. The molecule has 23 heavy (non-hydrogen) atoms. The van der Waals surface area contributed by atoms with E-state index in [4.69, 9.17) is 4.74 Å². The van der Waals surface area contributed by atoms with E-state index >= 15 is 0 Å². The minimum Gasteiger partial charge on any atom is -0.494 e. The molecule has 0 radical (unpaired) electrons. The van der Waals surface area contributed by atoms with E-state index in [9.17, 15) is 4.79 Å². The molecule has 1 aromatic heterocycles. The maximum Gasteiger partial charge on any atom is 0.258 e. The normalized spacial score (nSPS) is 15.9. The highest BCUT2D eigenvalue weighted by Gasteiger charge is 2.14. The Kier molecular flexibility index (Phi) is 5.34. The number of piperidine rings is 1. The molecule has 0 atom stereocenters. The second-order valence-corrected chi connectivity index (χ2v) is 6.42. The number of benzene rings is 1. The highest BCUT2D eigenvalue weighted by molar-refractivity contribution is 5.82. The first kappa shape index (κ1) is 16.1. The summed E-state index contributed by atoms with van der Waals surface area (Å²) in [5, 5.41) is 5.12. The first-order valence-electron chi connectivity index (χ1n) is 8.74. The molecule has 2 heterocycles. The van der Waals surface area contributed by atoms with Gasteiger partial charge in [-0.2, -0.15) is 0 Å². The van der Waals surface area contributed by atoms with Gasteiger partial charge in [-0.05, 0) is 67.9 Å². The van der Waals surface area contributed by atoms with Crippen LogP contribution in [0, 0.1) is 5.92 Å². The van der Waals surface area contributed by atoms with Gasteiger partial charge >= 0.3 is 0 Å². The molecule has 1 saturated heterocycles. The first-order valence-corrected chi connectivity index (χ1v) is 8.74. The Labute approximate surface area is 137 Å². The van der Waals surface area contributed by atoms with Crippen LogP contribution in [0.2, 0.25) is 0 Å². The van der Waals surface area contributed by atoms with Crippen molar-refractivity contribution in [3.63, 3.8) is 0 Å². The zero-order valence-electron chi connectivity index (χ0n) is 13.9. The molecule has 1 N–H and O–H groups in total. The van der Waals surface area contributed by atoms with Crippen LogP contribution in [0.4, 0.5) is 0 Å². The van der Waals surface area contributed by atoms with Gasteiger partial charge < -0.3 is 14.6 Å². The predicted octanol–water partition coefficient (Wildman–Crippen LogP) is 3.18. The third kappa shape index (κ3) is 3.94. The van der Waals surface area contributed by atoms with Gasteiger partial charge in [-0.1, -0.05) is 13.3 Å². The number of hydrogen-bond acceptors (Lipinski definition) is 3. The molecule has 1 aliphatic rings. The Morgan fingerprint density at radius 1 is 1.26 bits per heavy atom. The fourth-order valence-corrected chi connectivity index (χ4v) is 3.18. The molecule has 124 valence electrons. The zero-order chi connectivity index (χ0) is 16.1. The molecule has 1 aromatic carbocycles. The van der Waals surface area contributed by atoms with Gasteiger partial charge in [0.05, 0.1) is 6.61 Å². The van der Waals surface area contributed by atoms with E-state index in [2.05, 4.69) is 12.2 Å². The molecule has 0 bridgehead atoms. The molecular formula is C19H26N2O2. The molecular weight excluding hydrogens is 288 g/mol. The number of nitrogens with zero attached hydrogens (tertiary/aromatic N) is 1. The van der Waals surface area contributed by atoms with Gasteiger partial charge in [-0.3, -0.25) is 4.79 Å². The Morgan fingerprint density at radius 2 is 2.09 bits per heavy atom. The Bertz CT molecular complexity index is 702. The molecule has 0 unspecified atom stereocenters. The summed E-state index contributed by atoms with van der Waals surface area (Å²) in [4.78, 5) is 12.7. The van der Waals surface area contributed by atoms with Gasteiger partial charge in [-0.25, -0.2) is 0 Å². The minimum absolute atomic E-state index is 0.112. The van der Waals surface area contributed by atoms with Crippen molar-refractivity contribution >= 4 is 10.8 Å². The van der Waals surface area contributed by atoms with Crippen molar-refractivity contribution in [1.82, 2.24) is 9.88 Å². The quantitative estimate of drug-likeness (QED) is 0.833. The van der Waals surface area contributed by atoms with Crippen LogP contribution >= 0.6 is 0 Å². The SMILES string of the molecule is CCCCOc1ccc2c(=O)n(CC3CCNCC3)ccc2c1. The van der Waals surface area contributed by atoms with Crippen molar-refractivity contribution in [2.45, 2.75) is 39.2 Å². The van der Waals surface area contributed by atoms with Gasteiger partial charge in [0, 0.05) is 18.1 Å². The molecule has 2 aromatic rings. The summed E-state index contributed by atoms with van der Waals surface area (Å²) < 4.78 is 7.60. The Balaban J connectivity index is 1.78. The molecule has 0 saturated carbocycles. The lowest BCUT2D eigenvalue weighted by atomic mass is 9.98. The third-order valence-electron chi connectivity index (χ3n) is 4.63. The van der Waals surface area contributed by atoms with Crippen molar-refractivity contribution < 1.29 is 4.74 Å². The van der Waals surface area contributed by atoms with Crippen molar-refractivity contribution in [2.24, 2.45) is 5.92 Å². The minimum atomic E-state index is 0.112. The predicted molar refractivity (Wildman–Crippen MR) is 94.2 cm³/mol. The monoisotopic (exact) mass is 314 g/mol. The average molecular weight is 314 g/mol. The van der Waals surface area contributed by atoms with E-state index in [1.165, 1.54) is 0 Å². The van der Waals surface area contributed by atoms with E-state index in [0.29, 0.717) is 5.92 Å². The third-order valence-corrected chi connectivity index (χ3v) is 4.63.